The highest BCUT2D eigenvalue weighted by molar-refractivity contribution is 6.32. The Hall–Kier alpha value is -1.52. The molecule has 0 spiro atoms. The van der Waals surface area contributed by atoms with Crippen LogP contribution in [0.3, 0.4) is 0 Å². The second kappa shape index (κ2) is 5.21. The molecule has 0 atom stereocenters. The van der Waals surface area contributed by atoms with E-state index in [-0.39, 0.29) is 0 Å². The van der Waals surface area contributed by atoms with Gasteiger partial charge in [0.1, 0.15) is 12.4 Å². The maximum atomic E-state index is 6.08. The van der Waals surface area contributed by atoms with Gasteiger partial charge in [0, 0.05) is 25.4 Å². The number of hydrogen-bond donors (Lipinski definition) is 1. The number of nitrogens with zero attached hydrogens (tertiary/aromatic N) is 2. The molecule has 1 heterocycles. The molecule has 0 unspecified atom stereocenters. The van der Waals surface area contributed by atoms with Crippen LogP contribution < -0.4 is 10.5 Å². The van der Waals surface area contributed by atoms with Crippen molar-refractivity contribution >= 4 is 11.6 Å². The Morgan fingerprint density at radius 3 is 2.82 bits per heavy atom. The molecular weight excluding hydrogens is 238 g/mol. The van der Waals surface area contributed by atoms with Crippen molar-refractivity contribution in [2.45, 2.75) is 13.2 Å². The molecule has 2 rings (SSSR count). The summed E-state index contributed by atoms with van der Waals surface area (Å²) in [6.07, 6.45) is 3.67. The summed E-state index contributed by atoms with van der Waals surface area (Å²) in [6, 6.07) is 5.56. The molecule has 0 aliphatic carbocycles. The molecule has 4 nitrogen and oxygen atoms in total. The molecule has 0 saturated carbocycles. The molecule has 1 aromatic heterocycles. The van der Waals surface area contributed by atoms with Crippen molar-refractivity contribution < 1.29 is 4.74 Å². The molecule has 0 radical (unpaired) electrons. The van der Waals surface area contributed by atoms with Gasteiger partial charge in [-0.2, -0.15) is 5.10 Å². The first-order chi connectivity index (χ1) is 8.19. The first-order valence-corrected chi connectivity index (χ1v) is 5.65. The largest absolute Gasteiger partial charge is 0.487 e. The summed E-state index contributed by atoms with van der Waals surface area (Å²) in [6.45, 7) is 0.929. The third kappa shape index (κ3) is 2.99. The van der Waals surface area contributed by atoms with Crippen LogP contribution in [0, 0.1) is 0 Å². The summed E-state index contributed by atoms with van der Waals surface area (Å²) in [5.74, 6) is 0.660. The fourth-order valence-electron chi connectivity index (χ4n) is 1.50. The van der Waals surface area contributed by atoms with Gasteiger partial charge in [-0.15, -0.1) is 0 Å². The number of halogens is 1. The summed E-state index contributed by atoms with van der Waals surface area (Å²) in [4.78, 5) is 0. The van der Waals surface area contributed by atoms with Crippen molar-refractivity contribution in [1.29, 1.82) is 0 Å². The van der Waals surface area contributed by atoms with Crippen LogP contribution in [0.5, 0.6) is 5.75 Å². The number of rotatable bonds is 4. The fraction of sp³-hybridized carbons (Fsp3) is 0.250. The molecule has 17 heavy (non-hydrogen) atoms. The van der Waals surface area contributed by atoms with E-state index in [1.165, 1.54) is 0 Å². The van der Waals surface area contributed by atoms with E-state index in [2.05, 4.69) is 5.10 Å². The normalized spacial score (nSPS) is 10.5. The number of benzene rings is 1. The molecule has 90 valence electrons. The summed E-state index contributed by atoms with van der Waals surface area (Å²) in [5.41, 5.74) is 7.52. The zero-order valence-corrected chi connectivity index (χ0v) is 10.3. The maximum Gasteiger partial charge on any atom is 0.138 e. The third-order valence-corrected chi connectivity index (χ3v) is 2.68. The molecule has 0 aliphatic rings. The van der Waals surface area contributed by atoms with Crippen molar-refractivity contribution in [2.75, 3.05) is 0 Å². The number of nitrogens with two attached hydrogens (primary N) is 1. The quantitative estimate of drug-likeness (QED) is 0.906. The van der Waals surface area contributed by atoms with Gasteiger partial charge in [-0.3, -0.25) is 4.68 Å². The van der Waals surface area contributed by atoms with Crippen molar-refractivity contribution in [1.82, 2.24) is 9.78 Å². The standard InChI is InChI=1S/C12H14ClN3O/c1-16-7-10(6-15-16)8-17-12-3-2-9(5-14)4-11(12)13/h2-4,6-7H,5,8,14H2,1H3. The second-order valence-electron chi connectivity index (χ2n) is 3.78. The van der Waals surface area contributed by atoms with Gasteiger partial charge in [-0.05, 0) is 17.7 Å². The maximum absolute atomic E-state index is 6.08. The van der Waals surface area contributed by atoms with Gasteiger partial charge < -0.3 is 10.5 Å². The molecule has 0 aliphatic heterocycles. The monoisotopic (exact) mass is 251 g/mol. The highest BCUT2D eigenvalue weighted by Crippen LogP contribution is 2.26. The summed E-state index contributed by atoms with van der Waals surface area (Å²) < 4.78 is 7.34. The lowest BCUT2D eigenvalue weighted by Gasteiger charge is -2.07. The minimum absolute atomic E-state index is 0.454. The van der Waals surface area contributed by atoms with Gasteiger partial charge in [0.05, 0.1) is 11.2 Å². The van der Waals surface area contributed by atoms with Crippen LogP contribution in [-0.2, 0) is 20.2 Å². The van der Waals surface area contributed by atoms with Gasteiger partial charge in [0.25, 0.3) is 0 Å². The Bertz CT molecular complexity index is 510. The van der Waals surface area contributed by atoms with E-state index in [0.29, 0.717) is 23.9 Å². The van der Waals surface area contributed by atoms with Crippen LogP contribution >= 0.6 is 11.6 Å². The molecular formula is C12H14ClN3O. The van der Waals surface area contributed by atoms with Crippen LogP contribution in [0.1, 0.15) is 11.1 Å². The lowest BCUT2D eigenvalue weighted by Crippen LogP contribution is -1.98. The predicted octanol–water partition coefficient (Wildman–Crippen LogP) is 2.11. The van der Waals surface area contributed by atoms with Crippen LogP contribution in [0.25, 0.3) is 0 Å². The van der Waals surface area contributed by atoms with E-state index < -0.39 is 0 Å². The van der Waals surface area contributed by atoms with Gasteiger partial charge in [-0.1, -0.05) is 17.7 Å². The Kier molecular flexibility index (Phi) is 3.66. The molecule has 2 aromatic rings. The van der Waals surface area contributed by atoms with Crippen LogP contribution in [0.4, 0.5) is 0 Å². The van der Waals surface area contributed by atoms with E-state index >= 15 is 0 Å². The minimum Gasteiger partial charge on any atom is -0.487 e. The van der Waals surface area contributed by atoms with E-state index in [9.17, 15) is 0 Å². The van der Waals surface area contributed by atoms with Crippen LogP contribution in [-0.4, -0.2) is 9.78 Å². The highest BCUT2D eigenvalue weighted by Gasteiger charge is 2.04. The Balaban J connectivity index is 2.04. The van der Waals surface area contributed by atoms with Gasteiger partial charge in [0.15, 0.2) is 0 Å². The number of aryl methyl sites for hydroxylation is 1. The summed E-state index contributed by atoms with van der Waals surface area (Å²) >= 11 is 6.08. The number of hydrogen-bond acceptors (Lipinski definition) is 3. The lowest BCUT2D eigenvalue weighted by molar-refractivity contribution is 0.306. The van der Waals surface area contributed by atoms with E-state index in [1.807, 2.05) is 31.4 Å². The predicted molar refractivity (Wildman–Crippen MR) is 66.9 cm³/mol. The number of ether oxygens (including phenoxy) is 1. The molecule has 0 saturated heterocycles. The topological polar surface area (TPSA) is 53.1 Å². The Labute approximate surface area is 105 Å². The van der Waals surface area contributed by atoms with Crippen LogP contribution in [0.15, 0.2) is 30.6 Å². The number of aromatic nitrogens is 2. The van der Waals surface area contributed by atoms with Crippen LogP contribution in [0.2, 0.25) is 5.02 Å². The highest BCUT2D eigenvalue weighted by atomic mass is 35.5. The Morgan fingerprint density at radius 1 is 1.41 bits per heavy atom. The smallest absolute Gasteiger partial charge is 0.138 e. The van der Waals surface area contributed by atoms with Gasteiger partial charge in [-0.25, -0.2) is 0 Å². The zero-order chi connectivity index (χ0) is 12.3. The first-order valence-electron chi connectivity index (χ1n) is 5.28. The van der Waals surface area contributed by atoms with Crippen molar-refractivity contribution in [3.05, 3.63) is 46.7 Å². The van der Waals surface area contributed by atoms with E-state index in [0.717, 1.165) is 11.1 Å². The summed E-state index contributed by atoms with van der Waals surface area (Å²) in [5, 5.41) is 4.65. The molecule has 0 bridgehead atoms. The first kappa shape index (κ1) is 12.0. The van der Waals surface area contributed by atoms with E-state index in [4.69, 9.17) is 22.1 Å². The van der Waals surface area contributed by atoms with Gasteiger partial charge in [0.2, 0.25) is 0 Å². The molecule has 2 N–H and O–H groups in total. The molecule has 1 aromatic carbocycles. The molecule has 0 amide bonds. The molecule has 0 fully saturated rings. The SMILES string of the molecule is Cn1cc(COc2ccc(CN)cc2Cl)cn1. The third-order valence-electron chi connectivity index (χ3n) is 2.38. The lowest BCUT2D eigenvalue weighted by atomic mass is 10.2. The Morgan fingerprint density at radius 2 is 2.24 bits per heavy atom. The summed E-state index contributed by atoms with van der Waals surface area (Å²) in [7, 11) is 1.87. The fourth-order valence-corrected chi connectivity index (χ4v) is 1.75. The zero-order valence-electron chi connectivity index (χ0n) is 9.56. The average molecular weight is 252 g/mol. The second-order valence-corrected chi connectivity index (χ2v) is 4.19. The van der Waals surface area contributed by atoms with Crippen molar-refractivity contribution in [3.63, 3.8) is 0 Å². The van der Waals surface area contributed by atoms with Crippen molar-refractivity contribution in [3.8, 4) is 5.75 Å². The van der Waals surface area contributed by atoms with Crippen molar-refractivity contribution in [2.24, 2.45) is 12.8 Å². The molecule has 5 heteroatoms. The van der Waals surface area contributed by atoms with Gasteiger partial charge >= 0.3 is 0 Å². The minimum atomic E-state index is 0.454. The van der Waals surface area contributed by atoms with E-state index in [1.54, 1.807) is 10.9 Å². The average Bonchev–Trinajstić information content (AvgIpc) is 2.73.